The predicted molar refractivity (Wildman–Crippen MR) is 106 cm³/mol. The van der Waals surface area contributed by atoms with Crippen LogP contribution in [0.25, 0.3) is 0 Å². The minimum Gasteiger partial charge on any atom is -0.352 e. The van der Waals surface area contributed by atoms with Crippen LogP contribution >= 0.6 is 0 Å². The first-order valence-electron chi connectivity index (χ1n) is 10.6. The van der Waals surface area contributed by atoms with Gasteiger partial charge in [0.15, 0.2) is 0 Å². The van der Waals surface area contributed by atoms with Gasteiger partial charge in [0.25, 0.3) is 11.8 Å². The number of hydrogen-bond donors (Lipinski definition) is 1. The third kappa shape index (κ3) is 3.91. The van der Waals surface area contributed by atoms with Gasteiger partial charge in [-0.15, -0.1) is 0 Å². The molecule has 1 saturated heterocycles. The van der Waals surface area contributed by atoms with Gasteiger partial charge < -0.3 is 10.2 Å². The van der Waals surface area contributed by atoms with Gasteiger partial charge in [-0.05, 0) is 37.8 Å². The molecule has 0 aromatic heterocycles. The lowest BCUT2D eigenvalue weighted by molar-refractivity contribution is -0.138. The maximum absolute atomic E-state index is 12.8. The first kappa shape index (κ1) is 19.6. The zero-order valence-electron chi connectivity index (χ0n) is 16.6. The molecule has 7 heteroatoms. The average Bonchev–Trinajstić information content (AvgIpc) is 3.32. The summed E-state index contributed by atoms with van der Waals surface area (Å²) in [6.07, 6.45) is 7.01. The highest BCUT2D eigenvalue weighted by molar-refractivity contribution is 6.21. The number of imide groups is 1. The number of rotatable bonds is 5. The number of carbonyl (C=O) groups is 4. The number of carbonyl (C=O) groups excluding carboxylic acids is 4. The Bertz CT molecular complexity index is 796. The van der Waals surface area contributed by atoms with Crippen LogP contribution in [0, 0.1) is 0 Å². The molecule has 1 aromatic carbocycles. The number of fused-ring (bicyclic) bond motifs is 1. The van der Waals surface area contributed by atoms with E-state index in [9.17, 15) is 19.2 Å². The van der Waals surface area contributed by atoms with E-state index in [2.05, 4.69) is 5.32 Å². The standard InChI is InChI=1S/C22H27N3O4/c26-19(12-14-25-21(28)16-9-4-5-10-17(16)22(25)29)24-13-6-11-18(24)20(27)23-15-7-2-1-3-8-15/h4-5,9-10,15,18H,1-3,6-8,11-14H2,(H,23,27)/t18-/m1/s1. The molecule has 0 radical (unpaired) electrons. The van der Waals surface area contributed by atoms with Crippen LogP contribution < -0.4 is 5.32 Å². The van der Waals surface area contributed by atoms with Crippen molar-refractivity contribution in [2.45, 2.75) is 63.5 Å². The van der Waals surface area contributed by atoms with E-state index in [0.717, 1.165) is 37.0 Å². The van der Waals surface area contributed by atoms with Crippen molar-refractivity contribution in [2.75, 3.05) is 13.1 Å². The van der Waals surface area contributed by atoms with Gasteiger partial charge in [0, 0.05) is 25.6 Å². The second-order valence-electron chi connectivity index (χ2n) is 8.15. The maximum atomic E-state index is 12.8. The van der Waals surface area contributed by atoms with Gasteiger partial charge in [0.1, 0.15) is 6.04 Å². The monoisotopic (exact) mass is 397 g/mol. The van der Waals surface area contributed by atoms with Crippen LogP contribution in [-0.4, -0.2) is 58.6 Å². The summed E-state index contributed by atoms with van der Waals surface area (Å²) >= 11 is 0. The smallest absolute Gasteiger partial charge is 0.261 e. The molecule has 4 amide bonds. The molecule has 0 bridgehead atoms. The van der Waals surface area contributed by atoms with Gasteiger partial charge in [-0.2, -0.15) is 0 Å². The van der Waals surface area contributed by atoms with Crippen molar-refractivity contribution in [2.24, 2.45) is 0 Å². The van der Waals surface area contributed by atoms with E-state index in [0.29, 0.717) is 24.1 Å². The number of nitrogens with zero attached hydrogens (tertiary/aromatic N) is 2. The number of benzene rings is 1. The van der Waals surface area contributed by atoms with Crippen LogP contribution in [0.5, 0.6) is 0 Å². The van der Waals surface area contributed by atoms with Crippen LogP contribution in [0.4, 0.5) is 0 Å². The fourth-order valence-electron chi connectivity index (χ4n) is 4.68. The zero-order valence-corrected chi connectivity index (χ0v) is 16.6. The summed E-state index contributed by atoms with van der Waals surface area (Å²) in [6, 6.07) is 6.47. The molecule has 1 saturated carbocycles. The quantitative estimate of drug-likeness (QED) is 0.771. The topological polar surface area (TPSA) is 86.8 Å². The fraction of sp³-hybridized carbons (Fsp3) is 0.545. The number of nitrogens with one attached hydrogen (secondary N) is 1. The summed E-state index contributed by atoms with van der Waals surface area (Å²) in [5.74, 6) is -0.954. The highest BCUT2D eigenvalue weighted by Crippen LogP contribution is 2.24. The first-order valence-corrected chi connectivity index (χ1v) is 10.6. The molecule has 7 nitrogen and oxygen atoms in total. The Balaban J connectivity index is 1.34. The molecular formula is C22H27N3O4. The molecule has 1 atom stereocenters. The highest BCUT2D eigenvalue weighted by atomic mass is 16.2. The summed E-state index contributed by atoms with van der Waals surface area (Å²) in [5, 5.41) is 3.12. The highest BCUT2D eigenvalue weighted by Gasteiger charge is 2.38. The molecule has 3 aliphatic rings. The van der Waals surface area contributed by atoms with Crippen LogP contribution in [0.1, 0.15) is 72.1 Å². The van der Waals surface area contributed by atoms with Gasteiger partial charge >= 0.3 is 0 Å². The fourth-order valence-corrected chi connectivity index (χ4v) is 4.68. The summed E-state index contributed by atoms with van der Waals surface area (Å²) in [5.41, 5.74) is 0.770. The molecule has 29 heavy (non-hydrogen) atoms. The summed E-state index contributed by atoms with van der Waals surface area (Å²) in [7, 11) is 0. The van der Waals surface area contributed by atoms with E-state index >= 15 is 0 Å². The van der Waals surface area contributed by atoms with Crippen molar-refractivity contribution >= 4 is 23.6 Å². The second kappa shape index (κ2) is 8.35. The molecule has 2 heterocycles. The van der Waals surface area contributed by atoms with E-state index in [1.54, 1.807) is 29.2 Å². The van der Waals surface area contributed by atoms with Crippen molar-refractivity contribution in [1.29, 1.82) is 0 Å². The minimum absolute atomic E-state index is 0.0403. The molecule has 2 fully saturated rings. The number of hydrogen-bond acceptors (Lipinski definition) is 4. The van der Waals surface area contributed by atoms with Crippen LogP contribution in [0.3, 0.4) is 0 Å². The molecular weight excluding hydrogens is 370 g/mol. The van der Waals surface area contributed by atoms with E-state index < -0.39 is 6.04 Å². The predicted octanol–water partition coefficient (Wildman–Crippen LogP) is 2.11. The molecule has 4 rings (SSSR count). The molecule has 0 spiro atoms. The molecule has 1 aromatic rings. The van der Waals surface area contributed by atoms with Crippen molar-refractivity contribution in [3.05, 3.63) is 35.4 Å². The molecule has 0 unspecified atom stereocenters. The molecule has 1 N–H and O–H groups in total. The molecule has 1 aliphatic carbocycles. The zero-order chi connectivity index (χ0) is 20.4. The number of amides is 4. The second-order valence-corrected chi connectivity index (χ2v) is 8.15. The van der Waals surface area contributed by atoms with Gasteiger partial charge in [-0.3, -0.25) is 24.1 Å². The Labute approximate surface area is 170 Å². The van der Waals surface area contributed by atoms with Crippen LogP contribution in [-0.2, 0) is 9.59 Å². The lowest BCUT2D eigenvalue weighted by Gasteiger charge is -2.28. The summed E-state index contributed by atoms with van der Waals surface area (Å²) in [6.45, 7) is 0.586. The SMILES string of the molecule is O=C(NC1CCCCC1)[C@H]1CCCN1C(=O)CCN1C(=O)c2ccccc2C1=O. The Morgan fingerprint density at radius 3 is 2.24 bits per heavy atom. The maximum Gasteiger partial charge on any atom is 0.261 e. The lowest BCUT2D eigenvalue weighted by Crippen LogP contribution is -2.49. The summed E-state index contributed by atoms with van der Waals surface area (Å²) in [4.78, 5) is 53.2. The summed E-state index contributed by atoms with van der Waals surface area (Å²) < 4.78 is 0. The van der Waals surface area contributed by atoms with E-state index in [1.807, 2.05) is 0 Å². The lowest BCUT2D eigenvalue weighted by atomic mass is 9.95. The Hall–Kier alpha value is -2.70. The van der Waals surface area contributed by atoms with E-state index in [4.69, 9.17) is 0 Å². The largest absolute Gasteiger partial charge is 0.352 e. The van der Waals surface area contributed by atoms with Crippen molar-refractivity contribution < 1.29 is 19.2 Å². The van der Waals surface area contributed by atoms with Crippen LogP contribution in [0.2, 0.25) is 0 Å². The van der Waals surface area contributed by atoms with Crippen molar-refractivity contribution in [3.8, 4) is 0 Å². The Morgan fingerprint density at radius 1 is 0.931 bits per heavy atom. The molecule has 154 valence electrons. The third-order valence-electron chi connectivity index (χ3n) is 6.25. The Kier molecular flexibility index (Phi) is 5.65. The molecule has 2 aliphatic heterocycles. The van der Waals surface area contributed by atoms with Gasteiger partial charge in [0.05, 0.1) is 11.1 Å². The van der Waals surface area contributed by atoms with Crippen molar-refractivity contribution in [1.82, 2.24) is 15.1 Å². The normalized spacial score (nSPS) is 22.1. The average molecular weight is 397 g/mol. The first-order chi connectivity index (χ1) is 14.1. The van der Waals surface area contributed by atoms with Gasteiger partial charge in [-0.25, -0.2) is 0 Å². The van der Waals surface area contributed by atoms with Crippen molar-refractivity contribution in [3.63, 3.8) is 0 Å². The Morgan fingerprint density at radius 2 is 1.59 bits per heavy atom. The third-order valence-corrected chi connectivity index (χ3v) is 6.25. The number of likely N-dealkylation sites (tertiary alicyclic amines) is 1. The van der Waals surface area contributed by atoms with Gasteiger partial charge in [-0.1, -0.05) is 31.4 Å². The van der Waals surface area contributed by atoms with Crippen LogP contribution in [0.15, 0.2) is 24.3 Å². The van der Waals surface area contributed by atoms with E-state index in [1.165, 1.54) is 6.42 Å². The van der Waals surface area contributed by atoms with Gasteiger partial charge in [0.2, 0.25) is 11.8 Å². The minimum atomic E-state index is -0.438. The van der Waals surface area contributed by atoms with E-state index in [-0.39, 0.29) is 42.6 Å².